The Bertz CT molecular complexity index is 1160. The molecule has 2 rings (SSSR count). The zero-order chi connectivity index (χ0) is 29.7. The summed E-state index contributed by atoms with van der Waals surface area (Å²) in [5.41, 5.74) is 2.74. The molecule has 3 atom stereocenters. The SMILES string of the molecule is CCC(C)C(NC(=O)OC(C)(C)C)C(=O)N(C(C(=O)Nc1c(C)cccc1C)c1ccccc1C)C(C)(C)C. The van der Waals surface area contributed by atoms with Gasteiger partial charge in [0.25, 0.3) is 5.91 Å². The van der Waals surface area contributed by atoms with Crippen molar-refractivity contribution >= 4 is 23.6 Å². The first kappa shape index (κ1) is 31.9. The fourth-order valence-electron chi connectivity index (χ4n) is 4.61. The van der Waals surface area contributed by atoms with E-state index in [9.17, 15) is 14.4 Å². The molecule has 3 unspecified atom stereocenters. The third kappa shape index (κ3) is 8.32. The zero-order valence-electron chi connectivity index (χ0n) is 25.6. The van der Waals surface area contributed by atoms with Crippen LogP contribution < -0.4 is 10.6 Å². The number of carbonyl (C=O) groups excluding carboxylic acids is 3. The minimum Gasteiger partial charge on any atom is -0.444 e. The summed E-state index contributed by atoms with van der Waals surface area (Å²) in [5.74, 6) is -0.855. The van der Waals surface area contributed by atoms with Gasteiger partial charge in [0.05, 0.1) is 0 Å². The van der Waals surface area contributed by atoms with Crippen LogP contribution in [0.2, 0.25) is 0 Å². The van der Waals surface area contributed by atoms with E-state index in [0.717, 1.165) is 27.9 Å². The number of amides is 3. The summed E-state index contributed by atoms with van der Waals surface area (Å²) in [6, 6.07) is 11.6. The maximum absolute atomic E-state index is 14.5. The van der Waals surface area contributed by atoms with Crippen LogP contribution in [0.5, 0.6) is 0 Å². The maximum atomic E-state index is 14.5. The number of rotatable bonds is 8. The second kappa shape index (κ2) is 12.7. The molecule has 2 N–H and O–H groups in total. The van der Waals surface area contributed by atoms with Crippen molar-refractivity contribution in [1.29, 1.82) is 0 Å². The lowest BCUT2D eigenvalue weighted by molar-refractivity contribution is -0.148. The fraction of sp³-hybridized carbons (Fsp3) is 0.531. The molecular weight excluding hydrogens is 490 g/mol. The van der Waals surface area contributed by atoms with E-state index in [1.54, 1.807) is 25.7 Å². The molecule has 0 aromatic heterocycles. The monoisotopic (exact) mass is 537 g/mol. The standard InChI is InChI=1S/C32H47N3O4/c1-12-20(2)26(34-30(38)39-32(9,10)11)29(37)35(31(6,7)8)27(24-19-14-13-16-21(24)3)28(36)33-25-22(4)17-15-18-23(25)5/h13-20,26-27H,12H2,1-11H3,(H,33,36)(H,34,38). The summed E-state index contributed by atoms with van der Waals surface area (Å²) in [4.78, 5) is 43.1. The fourth-order valence-corrected chi connectivity index (χ4v) is 4.61. The molecule has 7 nitrogen and oxygen atoms in total. The zero-order valence-corrected chi connectivity index (χ0v) is 25.6. The minimum atomic E-state index is -0.940. The summed E-state index contributed by atoms with van der Waals surface area (Å²) in [6.07, 6.45) is -0.0178. The highest BCUT2D eigenvalue weighted by Crippen LogP contribution is 2.34. The van der Waals surface area contributed by atoms with Gasteiger partial charge in [-0.2, -0.15) is 0 Å². The van der Waals surface area contributed by atoms with Crippen molar-refractivity contribution in [1.82, 2.24) is 10.2 Å². The number of hydrogen-bond donors (Lipinski definition) is 2. The lowest BCUT2D eigenvalue weighted by atomic mass is 9.90. The Morgan fingerprint density at radius 3 is 1.90 bits per heavy atom. The van der Waals surface area contributed by atoms with Crippen molar-refractivity contribution in [3.8, 4) is 0 Å². The van der Waals surface area contributed by atoms with E-state index in [0.29, 0.717) is 6.42 Å². The quantitative estimate of drug-likeness (QED) is 0.385. The van der Waals surface area contributed by atoms with Crippen LogP contribution in [-0.4, -0.2) is 40.0 Å². The van der Waals surface area contributed by atoms with Gasteiger partial charge in [0.2, 0.25) is 5.91 Å². The summed E-state index contributed by atoms with van der Waals surface area (Å²) in [6.45, 7) is 20.8. The number of para-hydroxylation sites is 1. The van der Waals surface area contributed by atoms with Gasteiger partial charge in [-0.3, -0.25) is 9.59 Å². The molecule has 0 aliphatic rings. The smallest absolute Gasteiger partial charge is 0.408 e. The first-order chi connectivity index (χ1) is 18.0. The average molecular weight is 538 g/mol. The minimum absolute atomic E-state index is 0.200. The van der Waals surface area contributed by atoms with E-state index < -0.39 is 29.3 Å². The van der Waals surface area contributed by atoms with Crippen LogP contribution in [0.25, 0.3) is 0 Å². The number of benzene rings is 2. The Morgan fingerprint density at radius 1 is 0.872 bits per heavy atom. The summed E-state index contributed by atoms with van der Waals surface area (Å²) in [7, 11) is 0. The van der Waals surface area contributed by atoms with Gasteiger partial charge in [-0.25, -0.2) is 4.79 Å². The number of alkyl carbamates (subject to hydrolysis) is 1. The van der Waals surface area contributed by atoms with Gasteiger partial charge in [-0.15, -0.1) is 0 Å². The molecule has 0 radical (unpaired) electrons. The largest absolute Gasteiger partial charge is 0.444 e. The van der Waals surface area contributed by atoms with Crippen molar-refractivity contribution in [2.24, 2.45) is 5.92 Å². The predicted octanol–water partition coefficient (Wildman–Crippen LogP) is 6.86. The normalized spacial score (nSPS) is 14.1. The van der Waals surface area contributed by atoms with Gasteiger partial charge in [-0.05, 0) is 90.5 Å². The van der Waals surface area contributed by atoms with Crippen LogP contribution in [0.15, 0.2) is 42.5 Å². The second-order valence-electron chi connectivity index (χ2n) is 12.4. The Kier molecular flexibility index (Phi) is 10.4. The first-order valence-electron chi connectivity index (χ1n) is 13.7. The molecule has 0 saturated heterocycles. The van der Waals surface area contributed by atoms with Crippen molar-refractivity contribution in [3.05, 3.63) is 64.7 Å². The highest BCUT2D eigenvalue weighted by atomic mass is 16.6. The van der Waals surface area contributed by atoms with Crippen LogP contribution >= 0.6 is 0 Å². The van der Waals surface area contributed by atoms with Gasteiger partial charge < -0.3 is 20.3 Å². The Hall–Kier alpha value is -3.35. The molecule has 0 saturated carbocycles. The third-order valence-electron chi connectivity index (χ3n) is 6.83. The number of anilines is 1. The highest BCUT2D eigenvalue weighted by Gasteiger charge is 2.43. The van der Waals surface area contributed by atoms with Gasteiger partial charge in [0.15, 0.2) is 0 Å². The molecule has 39 heavy (non-hydrogen) atoms. The van der Waals surface area contributed by atoms with E-state index in [1.165, 1.54) is 0 Å². The summed E-state index contributed by atoms with van der Waals surface area (Å²) < 4.78 is 5.50. The topological polar surface area (TPSA) is 87.7 Å². The Morgan fingerprint density at radius 2 is 1.41 bits per heavy atom. The lowest BCUT2D eigenvalue weighted by Crippen LogP contribution is -2.59. The number of carbonyl (C=O) groups is 3. The van der Waals surface area contributed by atoms with Crippen molar-refractivity contribution in [2.45, 2.75) is 106 Å². The van der Waals surface area contributed by atoms with E-state index in [4.69, 9.17) is 4.74 Å². The van der Waals surface area contributed by atoms with Crippen LogP contribution in [0.3, 0.4) is 0 Å². The van der Waals surface area contributed by atoms with Crippen LogP contribution in [0.1, 0.15) is 90.1 Å². The molecule has 2 aromatic carbocycles. The molecular formula is C32H47N3O4. The molecule has 0 heterocycles. The van der Waals surface area contributed by atoms with Crippen molar-refractivity contribution < 1.29 is 19.1 Å². The van der Waals surface area contributed by atoms with E-state index in [-0.39, 0.29) is 17.7 Å². The van der Waals surface area contributed by atoms with Gasteiger partial charge in [0.1, 0.15) is 17.7 Å². The van der Waals surface area contributed by atoms with E-state index in [1.807, 2.05) is 97.9 Å². The average Bonchev–Trinajstić information content (AvgIpc) is 2.81. The Labute approximate surface area is 234 Å². The molecule has 7 heteroatoms. The predicted molar refractivity (Wildman–Crippen MR) is 158 cm³/mol. The van der Waals surface area contributed by atoms with E-state index >= 15 is 0 Å². The van der Waals surface area contributed by atoms with Crippen molar-refractivity contribution in [3.63, 3.8) is 0 Å². The molecule has 0 fully saturated rings. The maximum Gasteiger partial charge on any atom is 0.408 e. The number of nitrogens with zero attached hydrogens (tertiary/aromatic N) is 1. The molecule has 0 aliphatic carbocycles. The number of hydrogen-bond acceptors (Lipinski definition) is 4. The second-order valence-corrected chi connectivity index (χ2v) is 12.4. The number of ether oxygens (including phenoxy) is 1. The van der Waals surface area contributed by atoms with Crippen LogP contribution in [0.4, 0.5) is 10.5 Å². The third-order valence-corrected chi connectivity index (χ3v) is 6.83. The van der Waals surface area contributed by atoms with E-state index in [2.05, 4.69) is 10.6 Å². The Balaban J connectivity index is 2.67. The van der Waals surface area contributed by atoms with Crippen molar-refractivity contribution in [2.75, 3.05) is 5.32 Å². The molecule has 3 amide bonds. The van der Waals surface area contributed by atoms with Gasteiger partial charge >= 0.3 is 6.09 Å². The summed E-state index contributed by atoms with van der Waals surface area (Å²) in [5, 5.41) is 5.94. The number of nitrogens with one attached hydrogen (secondary N) is 2. The molecule has 0 aliphatic heterocycles. The highest BCUT2D eigenvalue weighted by molar-refractivity contribution is 6.00. The lowest BCUT2D eigenvalue weighted by Gasteiger charge is -2.44. The molecule has 2 aromatic rings. The van der Waals surface area contributed by atoms with Gasteiger partial charge in [0, 0.05) is 11.2 Å². The number of aryl methyl sites for hydroxylation is 3. The van der Waals surface area contributed by atoms with Gasteiger partial charge in [-0.1, -0.05) is 62.7 Å². The first-order valence-corrected chi connectivity index (χ1v) is 13.7. The molecule has 214 valence electrons. The summed E-state index contributed by atoms with van der Waals surface area (Å²) >= 11 is 0. The van der Waals surface area contributed by atoms with Crippen LogP contribution in [-0.2, 0) is 14.3 Å². The molecule has 0 spiro atoms. The van der Waals surface area contributed by atoms with Crippen LogP contribution in [0, 0.1) is 26.7 Å². The molecule has 0 bridgehead atoms.